The maximum absolute atomic E-state index is 10.2. The predicted octanol–water partition coefficient (Wildman–Crippen LogP) is 3.01. The molecule has 2 N–H and O–H groups in total. The van der Waals surface area contributed by atoms with Gasteiger partial charge in [-0.15, -0.1) is 0 Å². The maximum atomic E-state index is 10.2. The monoisotopic (exact) mass is 365 g/mol. The van der Waals surface area contributed by atoms with Gasteiger partial charge in [-0.2, -0.15) is 0 Å². The molecule has 3 aromatic rings. The van der Waals surface area contributed by atoms with Crippen molar-refractivity contribution in [3.8, 4) is 17.2 Å². The number of fused-ring (bicyclic) bond motifs is 2. The second-order valence-corrected chi connectivity index (χ2v) is 6.63. The highest BCUT2D eigenvalue weighted by atomic mass is 16.6. The Kier molecular flexibility index (Phi) is 5.42. The summed E-state index contributed by atoms with van der Waals surface area (Å²) in [6.45, 7) is 1.75. The van der Waals surface area contributed by atoms with E-state index in [2.05, 4.69) is 11.4 Å². The average Bonchev–Trinajstić information content (AvgIpc) is 2.72. The van der Waals surface area contributed by atoms with Gasteiger partial charge >= 0.3 is 0 Å². The molecule has 0 aromatic heterocycles. The summed E-state index contributed by atoms with van der Waals surface area (Å²) in [4.78, 5) is 0. The molecule has 5 nitrogen and oxygen atoms in total. The number of ether oxygens (including phenoxy) is 3. The van der Waals surface area contributed by atoms with Crippen LogP contribution in [0.4, 0.5) is 0 Å². The van der Waals surface area contributed by atoms with Gasteiger partial charge in [0.05, 0.1) is 0 Å². The standard InChI is InChI=1S/C22H23NO4/c24-18(14-25-19-10-9-16-5-1-2-6-17(16)11-19)12-23-13-20-15-26-21-7-3-4-8-22(21)27-20/h1-11,18,20,23-24H,12-15H2/t18-,20+/m1/s1. The molecule has 0 fully saturated rings. The lowest BCUT2D eigenvalue weighted by atomic mass is 10.1. The molecule has 27 heavy (non-hydrogen) atoms. The van der Waals surface area contributed by atoms with Crippen LogP contribution in [0.15, 0.2) is 66.7 Å². The van der Waals surface area contributed by atoms with Crippen LogP contribution in [0.3, 0.4) is 0 Å². The fourth-order valence-corrected chi connectivity index (χ4v) is 3.08. The van der Waals surface area contributed by atoms with E-state index in [1.807, 2.05) is 60.7 Å². The number of hydrogen-bond donors (Lipinski definition) is 2. The largest absolute Gasteiger partial charge is 0.491 e. The Labute approximate surface area is 158 Å². The van der Waals surface area contributed by atoms with E-state index in [0.717, 1.165) is 22.6 Å². The molecule has 4 rings (SSSR count). The minimum absolute atomic E-state index is 0.0755. The molecule has 0 bridgehead atoms. The molecule has 0 unspecified atom stereocenters. The van der Waals surface area contributed by atoms with Crippen molar-refractivity contribution in [1.29, 1.82) is 0 Å². The van der Waals surface area contributed by atoms with E-state index < -0.39 is 6.10 Å². The van der Waals surface area contributed by atoms with Crippen molar-refractivity contribution in [3.63, 3.8) is 0 Å². The highest BCUT2D eigenvalue weighted by molar-refractivity contribution is 5.83. The Morgan fingerprint density at radius 3 is 2.67 bits per heavy atom. The summed E-state index contributed by atoms with van der Waals surface area (Å²) in [5.74, 6) is 2.29. The van der Waals surface area contributed by atoms with Gasteiger partial charge in [0, 0.05) is 13.1 Å². The zero-order valence-corrected chi connectivity index (χ0v) is 15.0. The molecule has 0 saturated carbocycles. The van der Waals surface area contributed by atoms with E-state index in [1.54, 1.807) is 0 Å². The summed E-state index contributed by atoms with van der Waals surface area (Å²) in [6, 6.07) is 21.7. The summed E-state index contributed by atoms with van der Waals surface area (Å²) >= 11 is 0. The van der Waals surface area contributed by atoms with Crippen molar-refractivity contribution in [2.45, 2.75) is 12.2 Å². The van der Waals surface area contributed by atoms with Gasteiger partial charge in [-0.05, 0) is 35.0 Å². The summed E-state index contributed by atoms with van der Waals surface area (Å²) in [5.41, 5.74) is 0. The van der Waals surface area contributed by atoms with E-state index in [0.29, 0.717) is 19.7 Å². The van der Waals surface area contributed by atoms with Crippen LogP contribution in [0.2, 0.25) is 0 Å². The third-order valence-electron chi connectivity index (χ3n) is 4.48. The van der Waals surface area contributed by atoms with Crippen molar-refractivity contribution in [2.75, 3.05) is 26.3 Å². The van der Waals surface area contributed by atoms with Crippen molar-refractivity contribution >= 4 is 10.8 Å². The summed E-state index contributed by atoms with van der Waals surface area (Å²) in [5, 5.41) is 15.7. The average molecular weight is 365 g/mol. The van der Waals surface area contributed by atoms with E-state index in [-0.39, 0.29) is 12.7 Å². The predicted molar refractivity (Wildman–Crippen MR) is 105 cm³/mol. The normalized spacial score (nSPS) is 16.9. The molecule has 140 valence electrons. The van der Waals surface area contributed by atoms with E-state index in [1.165, 1.54) is 5.39 Å². The zero-order chi connectivity index (χ0) is 18.5. The molecule has 0 spiro atoms. The second kappa shape index (κ2) is 8.29. The Hall–Kier alpha value is -2.76. The molecule has 0 saturated heterocycles. The summed E-state index contributed by atoms with van der Waals surface area (Å²) in [6.07, 6.45) is -0.679. The highest BCUT2D eigenvalue weighted by Crippen LogP contribution is 2.30. The summed E-state index contributed by atoms with van der Waals surface area (Å²) in [7, 11) is 0. The smallest absolute Gasteiger partial charge is 0.161 e. The van der Waals surface area contributed by atoms with Crippen LogP contribution in [0.1, 0.15) is 0 Å². The first-order chi connectivity index (χ1) is 13.3. The van der Waals surface area contributed by atoms with E-state index in [4.69, 9.17) is 14.2 Å². The van der Waals surface area contributed by atoms with Gasteiger partial charge in [-0.1, -0.05) is 42.5 Å². The van der Waals surface area contributed by atoms with E-state index >= 15 is 0 Å². The van der Waals surface area contributed by atoms with Gasteiger partial charge in [0.25, 0.3) is 0 Å². The number of para-hydroxylation sites is 2. The van der Waals surface area contributed by atoms with Crippen LogP contribution < -0.4 is 19.5 Å². The van der Waals surface area contributed by atoms with Crippen LogP contribution in [0.25, 0.3) is 10.8 Å². The van der Waals surface area contributed by atoms with Gasteiger partial charge in [-0.3, -0.25) is 0 Å². The first-order valence-electron chi connectivity index (χ1n) is 9.17. The fourth-order valence-electron chi connectivity index (χ4n) is 3.08. The number of rotatable bonds is 7. The third-order valence-corrected chi connectivity index (χ3v) is 4.48. The highest BCUT2D eigenvalue weighted by Gasteiger charge is 2.20. The Bertz CT molecular complexity index is 898. The van der Waals surface area contributed by atoms with Crippen molar-refractivity contribution in [2.24, 2.45) is 0 Å². The number of aliphatic hydroxyl groups excluding tert-OH is 1. The number of aliphatic hydroxyl groups is 1. The van der Waals surface area contributed by atoms with Crippen LogP contribution in [-0.2, 0) is 0 Å². The zero-order valence-electron chi connectivity index (χ0n) is 15.0. The molecule has 1 heterocycles. The fraction of sp³-hybridized carbons (Fsp3) is 0.273. The molecule has 2 atom stereocenters. The molecule has 1 aliphatic rings. The Morgan fingerprint density at radius 2 is 1.78 bits per heavy atom. The molecule has 0 aliphatic carbocycles. The van der Waals surface area contributed by atoms with Crippen LogP contribution in [0.5, 0.6) is 17.2 Å². The Balaban J connectivity index is 1.20. The number of hydrogen-bond acceptors (Lipinski definition) is 5. The first-order valence-corrected chi connectivity index (χ1v) is 9.17. The second-order valence-electron chi connectivity index (χ2n) is 6.63. The van der Waals surface area contributed by atoms with Gasteiger partial charge < -0.3 is 24.6 Å². The molecule has 5 heteroatoms. The lowest BCUT2D eigenvalue weighted by molar-refractivity contribution is 0.0778. The lowest BCUT2D eigenvalue weighted by Gasteiger charge is -2.27. The molecule has 0 amide bonds. The minimum atomic E-state index is -0.603. The molecular weight excluding hydrogens is 342 g/mol. The van der Waals surface area contributed by atoms with Gasteiger partial charge in [-0.25, -0.2) is 0 Å². The molecule has 1 aliphatic heterocycles. The SMILES string of the molecule is O[C@H](CNC[C@H]1COc2ccccc2O1)COc1ccc2ccccc2c1. The summed E-state index contributed by atoms with van der Waals surface area (Å²) < 4.78 is 17.3. The Morgan fingerprint density at radius 1 is 1.00 bits per heavy atom. The van der Waals surface area contributed by atoms with Crippen LogP contribution in [-0.4, -0.2) is 43.6 Å². The quantitative estimate of drug-likeness (QED) is 0.674. The van der Waals surface area contributed by atoms with Crippen LogP contribution >= 0.6 is 0 Å². The van der Waals surface area contributed by atoms with Crippen molar-refractivity contribution in [1.82, 2.24) is 5.32 Å². The van der Waals surface area contributed by atoms with Gasteiger partial charge in [0.2, 0.25) is 0 Å². The van der Waals surface area contributed by atoms with Crippen molar-refractivity contribution < 1.29 is 19.3 Å². The topological polar surface area (TPSA) is 60.0 Å². The first kappa shape index (κ1) is 17.6. The lowest BCUT2D eigenvalue weighted by Crippen LogP contribution is -2.41. The van der Waals surface area contributed by atoms with E-state index in [9.17, 15) is 5.11 Å². The maximum Gasteiger partial charge on any atom is 0.161 e. The van der Waals surface area contributed by atoms with Crippen molar-refractivity contribution in [3.05, 3.63) is 66.7 Å². The third kappa shape index (κ3) is 4.51. The molecule has 3 aromatic carbocycles. The number of nitrogens with one attached hydrogen (secondary N) is 1. The molecule has 0 radical (unpaired) electrons. The van der Waals surface area contributed by atoms with Gasteiger partial charge in [0.1, 0.15) is 31.2 Å². The van der Waals surface area contributed by atoms with Gasteiger partial charge in [0.15, 0.2) is 11.5 Å². The number of benzene rings is 3. The molecular formula is C22H23NO4. The van der Waals surface area contributed by atoms with Crippen LogP contribution in [0, 0.1) is 0 Å². The minimum Gasteiger partial charge on any atom is -0.491 e.